The van der Waals surface area contributed by atoms with Gasteiger partial charge in [-0.25, -0.2) is 9.48 Å². The smallest absolute Gasteiger partial charge is 0.341 e. The van der Waals surface area contributed by atoms with Crippen LogP contribution < -0.4 is 5.63 Å². The fourth-order valence-corrected chi connectivity index (χ4v) is 5.60. The summed E-state index contributed by atoms with van der Waals surface area (Å²) in [6, 6.07) is 8.22. The first-order valence-electron chi connectivity index (χ1n) is 12.6. The van der Waals surface area contributed by atoms with Crippen molar-refractivity contribution in [3.63, 3.8) is 0 Å². The van der Waals surface area contributed by atoms with E-state index in [2.05, 4.69) is 52.2 Å². The monoisotopic (exact) mass is 464 g/mol. The summed E-state index contributed by atoms with van der Waals surface area (Å²) in [7, 11) is 0. The number of fused-ring (bicyclic) bond motifs is 1. The van der Waals surface area contributed by atoms with Gasteiger partial charge >= 0.3 is 5.63 Å². The van der Waals surface area contributed by atoms with E-state index in [0.29, 0.717) is 23.0 Å². The van der Waals surface area contributed by atoms with Crippen molar-refractivity contribution in [2.45, 2.75) is 77.4 Å². The highest BCUT2D eigenvalue weighted by Gasteiger charge is 2.36. The molecule has 1 aromatic carbocycles. The summed E-state index contributed by atoms with van der Waals surface area (Å²) in [5.41, 5.74) is 1.71. The maximum absolute atomic E-state index is 13.3. The average molecular weight is 465 g/mol. The average Bonchev–Trinajstić information content (AvgIpc) is 3.31. The molecule has 0 spiro atoms. The highest BCUT2D eigenvalue weighted by molar-refractivity contribution is 5.77. The lowest BCUT2D eigenvalue weighted by molar-refractivity contribution is 0.0602. The maximum atomic E-state index is 13.3. The largest absolute Gasteiger partial charge is 0.422 e. The van der Waals surface area contributed by atoms with Gasteiger partial charge in [-0.15, -0.1) is 5.10 Å². The van der Waals surface area contributed by atoms with E-state index >= 15 is 0 Å². The van der Waals surface area contributed by atoms with Crippen molar-refractivity contribution >= 4 is 11.0 Å². The van der Waals surface area contributed by atoms with Gasteiger partial charge in [-0.3, -0.25) is 9.80 Å². The summed E-state index contributed by atoms with van der Waals surface area (Å²) < 4.78 is 7.64. The second-order valence-corrected chi connectivity index (χ2v) is 10.9. The molecule has 3 aromatic rings. The zero-order chi connectivity index (χ0) is 23.9. The van der Waals surface area contributed by atoms with Crippen molar-refractivity contribution in [3.8, 4) is 0 Å². The molecule has 1 aliphatic heterocycles. The fourth-order valence-electron chi connectivity index (χ4n) is 5.60. The van der Waals surface area contributed by atoms with E-state index in [1.165, 1.54) is 32.1 Å². The van der Waals surface area contributed by atoms with Gasteiger partial charge in [-0.1, -0.05) is 30.9 Å². The van der Waals surface area contributed by atoms with Gasteiger partial charge in [0.2, 0.25) is 0 Å². The van der Waals surface area contributed by atoms with E-state index in [-0.39, 0.29) is 17.2 Å². The molecular weight excluding hydrogens is 428 g/mol. The van der Waals surface area contributed by atoms with Gasteiger partial charge < -0.3 is 4.42 Å². The summed E-state index contributed by atoms with van der Waals surface area (Å²) in [6.45, 7) is 12.0. The number of aromatic nitrogens is 4. The van der Waals surface area contributed by atoms with E-state index in [4.69, 9.17) is 4.42 Å². The van der Waals surface area contributed by atoms with Crippen LogP contribution >= 0.6 is 0 Å². The number of hydrogen-bond donors (Lipinski definition) is 0. The summed E-state index contributed by atoms with van der Waals surface area (Å²) in [6.07, 6.45) is 6.65. The first kappa shape index (κ1) is 23.2. The molecule has 5 rings (SSSR count). The summed E-state index contributed by atoms with van der Waals surface area (Å²) in [5.74, 6) is 0.693. The van der Waals surface area contributed by atoms with Crippen LogP contribution in [0, 0.1) is 6.92 Å². The molecule has 8 heteroatoms. The van der Waals surface area contributed by atoms with Crippen molar-refractivity contribution in [1.29, 1.82) is 0 Å². The second-order valence-electron chi connectivity index (χ2n) is 10.9. The third-order valence-electron chi connectivity index (χ3n) is 7.39. The van der Waals surface area contributed by atoms with Crippen molar-refractivity contribution in [3.05, 3.63) is 51.6 Å². The van der Waals surface area contributed by atoms with Crippen LogP contribution in [0.4, 0.5) is 0 Å². The Bertz CT molecular complexity index is 1200. The summed E-state index contributed by atoms with van der Waals surface area (Å²) in [4.78, 5) is 18.3. The molecule has 2 aromatic heterocycles. The van der Waals surface area contributed by atoms with Crippen LogP contribution in [-0.4, -0.2) is 62.2 Å². The van der Waals surface area contributed by atoms with E-state index in [1.54, 1.807) is 0 Å². The normalized spacial score (nSPS) is 20.1. The molecule has 3 heterocycles. The fraction of sp³-hybridized carbons (Fsp3) is 0.615. The van der Waals surface area contributed by atoms with Crippen molar-refractivity contribution in [2.24, 2.45) is 0 Å². The highest BCUT2D eigenvalue weighted by atomic mass is 16.4. The Labute approximate surface area is 200 Å². The number of piperazine rings is 1. The first-order chi connectivity index (χ1) is 16.3. The van der Waals surface area contributed by atoms with E-state index in [9.17, 15) is 4.79 Å². The Morgan fingerprint density at radius 1 is 1.03 bits per heavy atom. The zero-order valence-electron chi connectivity index (χ0n) is 20.8. The molecule has 1 atom stereocenters. The topological polar surface area (TPSA) is 80.3 Å². The molecule has 0 N–H and O–H groups in total. The number of tetrazole rings is 1. The Morgan fingerprint density at radius 2 is 1.76 bits per heavy atom. The molecule has 182 valence electrons. The number of nitrogens with zero attached hydrogens (tertiary/aromatic N) is 6. The lowest BCUT2D eigenvalue weighted by Crippen LogP contribution is -2.52. The van der Waals surface area contributed by atoms with Gasteiger partial charge in [-0.2, -0.15) is 0 Å². The third kappa shape index (κ3) is 4.53. The van der Waals surface area contributed by atoms with Crippen molar-refractivity contribution in [2.75, 3.05) is 26.2 Å². The second kappa shape index (κ2) is 9.23. The number of aryl methyl sites for hydroxylation is 1. The van der Waals surface area contributed by atoms with Gasteiger partial charge in [0.15, 0.2) is 5.82 Å². The molecular formula is C26H36N6O2. The van der Waals surface area contributed by atoms with Crippen LogP contribution in [0.15, 0.2) is 33.5 Å². The van der Waals surface area contributed by atoms with E-state index < -0.39 is 0 Å². The molecule has 1 saturated carbocycles. The van der Waals surface area contributed by atoms with E-state index in [1.807, 2.05) is 29.8 Å². The van der Waals surface area contributed by atoms with Crippen LogP contribution in [0.1, 0.15) is 75.9 Å². The van der Waals surface area contributed by atoms with Gasteiger partial charge in [-0.05, 0) is 69.2 Å². The minimum absolute atomic E-state index is 0.311. The molecule has 8 nitrogen and oxygen atoms in total. The maximum Gasteiger partial charge on any atom is 0.341 e. The Morgan fingerprint density at radius 3 is 2.47 bits per heavy atom. The Hall–Kier alpha value is -2.58. The van der Waals surface area contributed by atoms with Crippen LogP contribution in [0.5, 0.6) is 0 Å². The standard InChI is InChI=1S/C26H36N6O2/c1-18-10-11-22-19(16-18)17-21(25(33)34-22)23(24-27-28-29-32(24)26(2,3)4)31-14-12-30(13-15-31)20-8-6-5-7-9-20/h10-11,16-17,20,23H,5-9,12-15H2,1-4H3. The molecule has 1 unspecified atom stereocenters. The van der Waals surface area contributed by atoms with Gasteiger partial charge in [0, 0.05) is 37.6 Å². The lowest BCUT2D eigenvalue weighted by atomic mass is 9.93. The predicted octanol–water partition coefficient (Wildman–Crippen LogP) is 3.88. The number of rotatable bonds is 4. The highest BCUT2D eigenvalue weighted by Crippen LogP contribution is 2.32. The SMILES string of the molecule is Cc1ccc2oc(=O)c(C(c3nnnn3C(C)(C)C)N3CCN(C4CCCCC4)CC3)cc2c1. The minimum Gasteiger partial charge on any atom is -0.422 e. The Balaban J connectivity index is 1.53. The summed E-state index contributed by atoms with van der Waals surface area (Å²) >= 11 is 0. The molecule has 0 bridgehead atoms. The molecule has 2 aliphatic rings. The quantitative estimate of drug-likeness (QED) is 0.542. The minimum atomic E-state index is -0.358. The van der Waals surface area contributed by atoms with Gasteiger partial charge in [0.05, 0.1) is 11.1 Å². The van der Waals surface area contributed by atoms with Crippen LogP contribution in [0.3, 0.4) is 0 Å². The first-order valence-corrected chi connectivity index (χ1v) is 12.6. The zero-order valence-corrected chi connectivity index (χ0v) is 20.8. The summed E-state index contributed by atoms with van der Waals surface area (Å²) in [5, 5.41) is 13.7. The molecule has 1 aliphatic carbocycles. The third-order valence-corrected chi connectivity index (χ3v) is 7.39. The number of benzene rings is 1. The molecule has 0 radical (unpaired) electrons. The van der Waals surface area contributed by atoms with Crippen LogP contribution in [0.2, 0.25) is 0 Å². The van der Waals surface area contributed by atoms with Crippen molar-refractivity contribution < 1.29 is 4.42 Å². The van der Waals surface area contributed by atoms with Crippen LogP contribution in [0.25, 0.3) is 11.0 Å². The van der Waals surface area contributed by atoms with E-state index in [0.717, 1.165) is 37.1 Å². The van der Waals surface area contributed by atoms with Crippen molar-refractivity contribution in [1.82, 2.24) is 30.0 Å². The lowest BCUT2D eigenvalue weighted by Gasteiger charge is -2.43. The van der Waals surface area contributed by atoms with Gasteiger partial charge in [0.1, 0.15) is 11.6 Å². The molecule has 34 heavy (non-hydrogen) atoms. The Kier molecular flexibility index (Phi) is 6.29. The molecule has 1 saturated heterocycles. The van der Waals surface area contributed by atoms with Crippen LogP contribution in [-0.2, 0) is 5.54 Å². The number of hydrogen-bond acceptors (Lipinski definition) is 7. The predicted molar refractivity (Wildman–Crippen MR) is 132 cm³/mol. The van der Waals surface area contributed by atoms with Gasteiger partial charge in [0.25, 0.3) is 0 Å². The molecule has 0 amide bonds. The molecule has 2 fully saturated rings.